The standard InChI is InChI=1S/C23H29NO5/c1-5-18(19-9-7-6-8-10-19)15-24-23(26)16(2)29-22(25)14-17-11-12-20(27-3)21(13-17)28-4/h6-13,16,18H,5,14-15H2,1-4H3,(H,24,26)/t16-,18+/m0/s1. The van der Waals surface area contributed by atoms with E-state index >= 15 is 0 Å². The molecule has 0 heterocycles. The minimum absolute atomic E-state index is 0.0412. The van der Waals surface area contributed by atoms with Crippen molar-refractivity contribution in [2.75, 3.05) is 20.8 Å². The maximum absolute atomic E-state index is 12.3. The monoisotopic (exact) mass is 399 g/mol. The lowest BCUT2D eigenvalue weighted by Gasteiger charge is -2.18. The Bertz CT molecular complexity index is 806. The maximum Gasteiger partial charge on any atom is 0.311 e. The number of esters is 1. The van der Waals surface area contributed by atoms with Crippen molar-refractivity contribution in [3.05, 3.63) is 59.7 Å². The molecule has 29 heavy (non-hydrogen) atoms. The first-order chi connectivity index (χ1) is 14.0. The predicted octanol–water partition coefficient (Wildman–Crippen LogP) is 3.49. The van der Waals surface area contributed by atoms with Crippen molar-refractivity contribution in [2.45, 2.75) is 38.7 Å². The fourth-order valence-corrected chi connectivity index (χ4v) is 3.04. The molecule has 2 aromatic rings. The van der Waals surface area contributed by atoms with E-state index in [1.807, 2.05) is 30.3 Å². The zero-order valence-corrected chi connectivity index (χ0v) is 17.4. The number of nitrogens with one attached hydrogen (secondary N) is 1. The number of hydrogen-bond acceptors (Lipinski definition) is 5. The summed E-state index contributed by atoms with van der Waals surface area (Å²) in [5, 5.41) is 2.88. The molecule has 0 saturated carbocycles. The van der Waals surface area contributed by atoms with Gasteiger partial charge in [0.05, 0.1) is 20.6 Å². The average Bonchev–Trinajstić information content (AvgIpc) is 2.74. The predicted molar refractivity (Wildman–Crippen MR) is 111 cm³/mol. The van der Waals surface area contributed by atoms with Crippen LogP contribution >= 0.6 is 0 Å². The van der Waals surface area contributed by atoms with Gasteiger partial charge in [-0.25, -0.2) is 0 Å². The molecule has 0 fully saturated rings. The largest absolute Gasteiger partial charge is 0.493 e. The molecule has 0 unspecified atom stereocenters. The molecule has 6 heteroatoms. The van der Waals surface area contributed by atoms with Crippen molar-refractivity contribution in [3.63, 3.8) is 0 Å². The minimum atomic E-state index is -0.865. The summed E-state index contributed by atoms with van der Waals surface area (Å²) < 4.78 is 15.7. The van der Waals surface area contributed by atoms with Crippen LogP contribution in [0.15, 0.2) is 48.5 Å². The molecule has 0 aliphatic heterocycles. The van der Waals surface area contributed by atoms with E-state index in [1.54, 1.807) is 32.2 Å². The summed E-state index contributed by atoms with van der Waals surface area (Å²) in [7, 11) is 3.08. The Morgan fingerprint density at radius 1 is 1.00 bits per heavy atom. The summed E-state index contributed by atoms with van der Waals surface area (Å²) >= 11 is 0. The molecule has 1 amide bonds. The van der Waals surface area contributed by atoms with E-state index < -0.39 is 12.1 Å². The Labute approximate surface area is 172 Å². The van der Waals surface area contributed by atoms with Gasteiger partial charge < -0.3 is 19.5 Å². The minimum Gasteiger partial charge on any atom is -0.493 e. The van der Waals surface area contributed by atoms with Gasteiger partial charge >= 0.3 is 5.97 Å². The van der Waals surface area contributed by atoms with Gasteiger partial charge in [-0.1, -0.05) is 43.3 Å². The molecule has 0 saturated heterocycles. The van der Waals surface area contributed by atoms with E-state index in [-0.39, 0.29) is 18.2 Å². The van der Waals surface area contributed by atoms with Gasteiger partial charge in [0.2, 0.25) is 0 Å². The molecule has 2 atom stereocenters. The van der Waals surface area contributed by atoms with Crippen LogP contribution in [0.2, 0.25) is 0 Å². The van der Waals surface area contributed by atoms with Gasteiger partial charge in [0.25, 0.3) is 5.91 Å². The van der Waals surface area contributed by atoms with Crippen LogP contribution in [-0.2, 0) is 20.7 Å². The Kier molecular flexibility index (Phi) is 8.52. The van der Waals surface area contributed by atoms with Gasteiger partial charge in [0, 0.05) is 12.5 Å². The van der Waals surface area contributed by atoms with Crippen LogP contribution in [0.3, 0.4) is 0 Å². The van der Waals surface area contributed by atoms with Crippen molar-refractivity contribution >= 4 is 11.9 Å². The lowest BCUT2D eigenvalue weighted by Crippen LogP contribution is -2.38. The smallest absolute Gasteiger partial charge is 0.311 e. The van der Waals surface area contributed by atoms with Crippen LogP contribution in [0.25, 0.3) is 0 Å². The summed E-state index contributed by atoms with van der Waals surface area (Å²) in [5.41, 5.74) is 1.89. The second-order valence-corrected chi connectivity index (χ2v) is 6.76. The van der Waals surface area contributed by atoms with E-state index in [1.165, 1.54) is 12.7 Å². The molecule has 6 nitrogen and oxygen atoms in total. The molecule has 0 aliphatic rings. The zero-order valence-electron chi connectivity index (χ0n) is 17.4. The molecule has 0 aliphatic carbocycles. The number of rotatable bonds is 10. The third kappa shape index (κ3) is 6.52. The van der Waals surface area contributed by atoms with Crippen LogP contribution in [-0.4, -0.2) is 38.7 Å². The van der Waals surface area contributed by atoms with Crippen LogP contribution in [0.4, 0.5) is 0 Å². The number of carbonyl (C=O) groups is 2. The van der Waals surface area contributed by atoms with Crippen molar-refractivity contribution in [1.29, 1.82) is 0 Å². The summed E-state index contributed by atoms with van der Waals surface area (Å²) in [6, 6.07) is 15.2. The van der Waals surface area contributed by atoms with E-state index in [4.69, 9.17) is 14.2 Å². The Hall–Kier alpha value is -3.02. The third-order valence-electron chi connectivity index (χ3n) is 4.76. The Balaban J connectivity index is 1.86. The second-order valence-electron chi connectivity index (χ2n) is 6.76. The first-order valence-electron chi connectivity index (χ1n) is 9.71. The Morgan fingerprint density at radius 3 is 2.31 bits per heavy atom. The molecule has 2 rings (SSSR count). The number of ether oxygens (including phenoxy) is 3. The zero-order chi connectivity index (χ0) is 21.2. The lowest BCUT2D eigenvalue weighted by molar-refractivity contribution is -0.154. The highest BCUT2D eigenvalue weighted by atomic mass is 16.5. The molecular formula is C23H29NO5. The van der Waals surface area contributed by atoms with Gasteiger partial charge in [0.1, 0.15) is 0 Å². The van der Waals surface area contributed by atoms with E-state index in [0.717, 1.165) is 12.0 Å². The average molecular weight is 399 g/mol. The normalized spacial score (nSPS) is 12.6. The maximum atomic E-state index is 12.3. The number of benzene rings is 2. The van der Waals surface area contributed by atoms with Crippen molar-refractivity contribution in [2.24, 2.45) is 0 Å². The van der Waals surface area contributed by atoms with Crippen LogP contribution in [0.5, 0.6) is 11.5 Å². The summed E-state index contributed by atoms with van der Waals surface area (Å²) in [6.07, 6.45) is 0.0769. The lowest BCUT2D eigenvalue weighted by atomic mass is 9.96. The van der Waals surface area contributed by atoms with Crippen molar-refractivity contribution in [3.8, 4) is 11.5 Å². The van der Waals surface area contributed by atoms with Gasteiger partial charge in [-0.2, -0.15) is 0 Å². The van der Waals surface area contributed by atoms with Gasteiger partial charge in [-0.3, -0.25) is 9.59 Å². The Morgan fingerprint density at radius 2 is 1.69 bits per heavy atom. The fraction of sp³-hybridized carbons (Fsp3) is 0.391. The third-order valence-corrected chi connectivity index (χ3v) is 4.76. The summed E-state index contributed by atoms with van der Waals surface area (Å²) in [6.45, 7) is 4.15. The van der Waals surface area contributed by atoms with Crippen LogP contribution in [0, 0.1) is 0 Å². The van der Waals surface area contributed by atoms with Gasteiger partial charge in [-0.15, -0.1) is 0 Å². The molecule has 0 aromatic heterocycles. The number of carbonyl (C=O) groups excluding carboxylic acids is 2. The number of methoxy groups -OCH3 is 2. The first-order valence-corrected chi connectivity index (χ1v) is 9.71. The molecular weight excluding hydrogens is 370 g/mol. The molecule has 0 bridgehead atoms. The summed E-state index contributed by atoms with van der Waals surface area (Å²) in [4.78, 5) is 24.6. The van der Waals surface area contributed by atoms with Crippen LogP contribution in [0.1, 0.15) is 37.3 Å². The fourth-order valence-electron chi connectivity index (χ4n) is 3.04. The van der Waals surface area contributed by atoms with Crippen molar-refractivity contribution in [1.82, 2.24) is 5.32 Å². The molecule has 0 radical (unpaired) electrons. The summed E-state index contributed by atoms with van der Waals surface area (Å²) in [5.74, 6) is 0.557. The first kappa shape index (κ1) is 22.3. The molecule has 1 N–H and O–H groups in total. The van der Waals surface area contributed by atoms with Gasteiger partial charge in [-0.05, 0) is 36.6 Å². The van der Waals surface area contributed by atoms with E-state index in [9.17, 15) is 9.59 Å². The number of hydrogen-bond donors (Lipinski definition) is 1. The number of amides is 1. The van der Waals surface area contributed by atoms with Crippen LogP contribution < -0.4 is 14.8 Å². The second kappa shape index (κ2) is 11.1. The molecule has 0 spiro atoms. The topological polar surface area (TPSA) is 73.9 Å². The molecule has 156 valence electrons. The highest BCUT2D eigenvalue weighted by molar-refractivity contribution is 5.84. The van der Waals surface area contributed by atoms with Crippen molar-refractivity contribution < 1.29 is 23.8 Å². The SMILES string of the molecule is CC[C@H](CNC(=O)[C@H](C)OC(=O)Cc1ccc(OC)c(OC)c1)c1ccccc1. The molecule has 2 aromatic carbocycles. The van der Waals surface area contributed by atoms with E-state index in [0.29, 0.717) is 18.0 Å². The highest BCUT2D eigenvalue weighted by Crippen LogP contribution is 2.27. The van der Waals surface area contributed by atoms with E-state index in [2.05, 4.69) is 12.2 Å². The highest BCUT2D eigenvalue weighted by Gasteiger charge is 2.20. The quantitative estimate of drug-likeness (QED) is 0.619. The van der Waals surface area contributed by atoms with Gasteiger partial charge in [0.15, 0.2) is 17.6 Å².